The fourth-order valence-corrected chi connectivity index (χ4v) is 4.15. The molecule has 0 aliphatic heterocycles. The minimum Gasteiger partial charge on any atom is -0.486 e. The predicted octanol–water partition coefficient (Wildman–Crippen LogP) is 2.80. The molecule has 0 aliphatic rings. The zero-order valence-corrected chi connectivity index (χ0v) is 18.3. The van der Waals surface area contributed by atoms with Crippen LogP contribution >= 0.6 is 11.3 Å². The van der Waals surface area contributed by atoms with Crippen molar-refractivity contribution in [2.24, 2.45) is 0 Å². The Morgan fingerprint density at radius 2 is 1.93 bits per heavy atom. The van der Waals surface area contributed by atoms with Gasteiger partial charge in [-0.3, -0.25) is 4.79 Å². The number of sulfonamides is 1. The topological polar surface area (TPSA) is 97.4 Å². The molecule has 1 amide bonds. The smallest absolute Gasteiger partial charge is 0.240 e. The maximum absolute atomic E-state index is 12.2. The van der Waals surface area contributed by atoms with Crippen LogP contribution in [0.5, 0.6) is 5.75 Å². The van der Waals surface area contributed by atoms with E-state index in [4.69, 9.17) is 4.74 Å². The average molecular weight is 446 g/mol. The lowest BCUT2D eigenvalue weighted by molar-refractivity contribution is -0.120. The molecule has 1 aromatic heterocycles. The number of carbonyl (C=O) groups excluding carboxylic acids is 1. The van der Waals surface area contributed by atoms with Crippen LogP contribution in [0.1, 0.15) is 21.8 Å². The molecule has 0 atom stereocenters. The van der Waals surface area contributed by atoms with Gasteiger partial charge in [-0.2, -0.15) is 0 Å². The first-order valence-electron chi connectivity index (χ1n) is 9.27. The number of aromatic nitrogens is 1. The summed E-state index contributed by atoms with van der Waals surface area (Å²) in [4.78, 5) is 16.8. The standard InChI is InChI=1S/C21H23N3O4S2/c1-15-6-8-18(9-7-15)28-13-21-24-17(14-29-21)11-20(25)23-12-16-4-3-5-19(10-16)30(26,27)22-2/h3-10,14,22H,11-13H2,1-2H3,(H,23,25). The Labute approximate surface area is 180 Å². The highest BCUT2D eigenvalue weighted by atomic mass is 32.2. The van der Waals surface area contributed by atoms with Crippen molar-refractivity contribution >= 4 is 27.3 Å². The van der Waals surface area contributed by atoms with E-state index in [0.29, 0.717) is 17.9 Å². The van der Waals surface area contributed by atoms with Crippen LogP contribution in [0, 0.1) is 6.92 Å². The monoisotopic (exact) mass is 445 g/mol. The first-order chi connectivity index (χ1) is 14.4. The van der Waals surface area contributed by atoms with Gasteiger partial charge in [0.25, 0.3) is 0 Å². The van der Waals surface area contributed by atoms with Crippen molar-refractivity contribution in [3.63, 3.8) is 0 Å². The van der Waals surface area contributed by atoms with Crippen LogP contribution in [-0.4, -0.2) is 26.4 Å². The molecule has 0 radical (unpaired) electrons. The van der Waals surface area contributed by atoms with E-state index in [1.165, 1.54) is 36.1 Å². The van der Waals surface area contributed by atoms with Gasteiger partial charge in [-0.25, -0.2) is 18.1 Å². The molecule has 3 rings (SSSR count). The minimum absolute atomic E-state index is 0.148. The molecule has 0 bridgehead atoms. The molecular formula is C21H23N3O4S2. The van der Waals surface area contributed by atoms with Crippen molar-refractivity contribution in [1.82, 2.24) is 15.0 Å². The summed E-state index contributed by atoms with van der Waals surface area (Å²) in [6.07, 6.45) is 0.148. The summed E-state index contributed by atoms with van der Waals surface area (Å²) in [5.41, 5.74) is 2.54. The largest absolute Gasteiger partial charge is 0.486 e. The number of ether oxygens (including phenoxy) is 1. The molecule has 1 heterocycles. The van der Waals surface area contributed by atoms with E-state index in [2.05, 4.69) is 15.0 Å². The van der Waals surface area contributed by atoms with E-state index >= 15 is 0 Å². The van der Waals surface area contributed by atoms with Gasteiger partial charge in [0.05, 0.1) is 17.0 Å². The van der Waals surface area contributed by atoms with Gasteiger partial charge in [0, 0.05) is 11.9 Å². The second-order valence-electron chi connectivity index (χ2n) is 6.64. The zero-order chi connectivity index (χ0) is 21.6. The molecule has 0 saturated carbocycles. The van der Waals surface area contributed by atoms with E-state index in [9.17, 15) is 13.2 Å². The fourth-order valence-electron chi connectivity index (χ4n) is 2.64. The van der Waals surface area contributed by atoms with E-state index in [0.717, 1.165) is 10.8 Å². The minimum atomic E-state index is -3.52. The zero-order valence-electron chi connectivity index (χ0n) is 16.7. The van der Waals surface area contributed by atoms with Gasteiger partial charge >= 0.3 is 0 Å². The van der Waals surface area contributed by atoms with Gasteiger partial charge in [-0.1, -0.05) is 29.8 Å². The van der Waals surface area contributed by atoms with Crippen LogP contribution in [-0.2, 0) is 34.4 Å². The second-order valence-corrected chi connectivity index (χ2v) is 9.47. The lowest BCUT2D eigenvalue weighted by Gasteiger charge is -2.07. The highest BCUT2D eigenvalue weighted by Crippen LogP contribution is 2.16. The number of nitrogens with one attached hydrogen (secondary N) is 2. The summed E-state index contributed by atoms with van der Waals surface area (Å²) in [5, 5.41) is 5.43. The van der Waals surface area contributed by atoms with E-state index in [1.807, 2.05) is 36.6 Å². The number of thiazole rings is 1. The van der Waals surface area contributed by atoms with Crippen LogP contribution in [0.3, 0.4) is 0 Å². The van der Waals surface area contributed by atoms with Crippen LogP contribution in [0.15, 0.2) is 58.8 Å². The van der Waals surface area contributed by atoms with Crippen LogP contribution in [0.4, 0.5) is 0 Å². The number of amides is 1. The van der Waals surface area contributed by atoms with Gasteiger partial charge in [-0.15, -0.1) is 11.3 Å². The Kier molecular flexibility index (Phi) is 7.20. The molecular weight excluding hydrogens is 422 g/mol. The van der Waals surface area contributed by atoms with Gasteiger partial charge in [0.1, 0.15) is 17.4 Å². The third-order valence-corrected chi connectivity index (χ3v) is 6.57. The molecule has 0 fully saturated rings. The predicted molar refractivity (Wildman–Crippen MR) is 116 cm³/mol. The SMILES string of the molecule is CNS(=O)(=O)c1cccc(CNC(=O)Cc2csc(COc3ccc(C)cc3)n2)c1. The molecule has 9 heteroatoms. The van der Waals surface area contributed by atoms with Crippen molar-refractivity contribution in [2.45, 2.75) is 31.4 Å². The summed E-state index contributed by atoms with van der Waals surface area (Å²) in [6.45, 7) is 2.60. The Hall–Kier alpha value is -2.75. The molecule has 2 aromatic carbocycles. The first-order valence-corrected chi connectivity index (χ1v) is 11.6. The number of hydrogen-bond acceptors (Lipinski definition) is 6. The maximum atomic E-state index is 12.2. The molecule has 0 aliphatic carbocycles. The highest BCUT2D eigenvalue weighted by molar-refractivity contribution is 7.89. The molecule has 158 valence electrons. The molecule has 7 nitrogen and oxygen atoms in total. The Morgan fingerprint density at radius 1 is 1.17 bits per heavy atom. The number of hydrogen-bond donors (Lipinski definition) is 2. The number of benzene rings is 2. The van der Waals surface area contributed by atoms with Crippen LogP contribution in [0.2, 0.25) is 0 Å². The van der Waals surface area contributed by atoms with Crippen molar-refractivity contribution in [2.75, 3.05) is 7.05 Å². The lowest BCUT2D eigenvalue weighted by Crippen LogP contribution is -2.25. The third-order valence-electron chi connectivity index (χ3n) is 4.29. The molecule has 0 spiro atoms. The Balaban J connectivity index is 1.50. The maximum Gasteiger partial charge on any atom is 0.240 e. The lowest BCUT2D eigenvalue weighted by atomic mass is 10.2. The summed E-state index contributed by atoms with van der Waals surface area (Å²) in [5.74, 6) is 0.589. The summed E-state index contributed by atoms with van der Waals surface area (Å²) < 4.78 is 31.7. The molecule has 0 unspecified atom stereocenters. The Morgan fingerprint density at radius 3 is 2.67 bits per heavy atom. The van der Waals surface area contributed by atoms with Crippen molar-refractivity contribution in [3.8, 4) is 5.75 Å². The third kappa shape index (κ3) is 6.12. The van der Waals surface area contributed by atoms with Gasteiger partial charge in [0.15, 0.2) is 0 Å². The molecule has 3 aromatic rings. The first kappa shape index (κ1) is 21.9. The van der Waals surface area contributed by atoms with Gasteiger partial charge < -0.3 is 10.1 Å². The Bertz CT molecular complexity index is 1110. The molecule has 2 N–H and O–H groups in total. The van der Waals surface area contributed by atoms with Crippen LogP contribution in [0.25, 0.3) is 0 Å². The van der Waals surface area contributed by atoms with Gasteiger partial charge in [0.2, 0.25) is 15.9 Å². The summed E-state index contributed by atoms with van der Waals surface area (Å²) in [6, 6.07) is 14.2. The van der Waals surface area contributed by atoms with E-state index in [1.54, 1.807) is 12.1 Å². The second kappa shape index (κ2) is 9.84. The normalized spacial score (nSPS) is 11.3. The van der Waals surface area contributed by atoms with E-state index < -0.39 is 10.0 Å². The number of carbonyl (C=O) groups is 1. The van der Waals surface area contributed by atoms with Crippen molar-refractivity contribution < 1.29 is 17.9 Å². The highest BCUT2D eigenvalue weighted by Gasteiger charge is 2.12. The van der Waals surface area contributed by atoms with E-state index in [-0.39, 0.29) is 23.8 Å². The quantitative estimate of drug-likeness (QED) is 0.528. The van der Waals surface area contributed by atoms with Crippen LogP contribution < -0.4 is 14.8 Å². The average Bonchev–Trinajstić information content (AvgIpc) is 3.19. The van der Waals surface area contributed by atoms with Gasteiger partial charge in [-0.05, 0) is 43.8 Å². The number of aryl methyl sites for hydroxylation is 1. The number of nitrogens with zero attached hydrogens (tertiary/aromatic N) is 1. The van der Waals surface area contributed by atoms with Crippen molar-refractivity contribution in [1.29, 1.82) is 0 Å². The summed E-state index contributed by atoms with van der Waals surface area (Å²) in [7, 11) is -2.16. The molecule has 0 saturated heterocycles. The molecule has 30 heavy (non-hydrogen) atoms. The van der Waals surface area contributed by atoms with Crippen molar-refractivity contribution in [3.05, 3.63) is 75.7 Å². The number of rotatable bonds is 9. The fraction of sp³-hybridized carbons (Fsp3) is 0.238. The summed E-state index contributed by atoms with van der Waals surface area (Å²) >= 11 is 1.45.